The third-order valence-electron chi connectivity index (χ3n) is 4.22. The van der Waals surface area contributed by atoms with Crippen LogP contribution in [0.1, 0.15) is 39.0 Å². The Morgan fingerprint density at radius 3 is 2.29 bits per heavy atom. The van der Waals surface area contributed by atoms with Crippen molar-refractivity contribution < 1.29 is 14.6 Å². The average Bonchev–Trinajstić information content (AvgIpc) is 2.86. The summed E-state index contributed by atoms with van der Waals surface area (Å²) >= 11 is 0. The van der Waals surface area contributed by atoms with Gasteiger partial charge in [0, 0.05) is 13.2 Å². The van der Waals surface area contributed by atoms with Gasteiger partial charge in [0.15, 0.2) is 0 Å². The van der Waals surface area contributed by atoms with Gasteiger partial charge in [-0.1, -0.05) is 6.92 Å². The van der Waals surface area contributed by atoms with E-state index in [-0.39, 0.29) is 10.8 Å². The minimum Gasteiger partial charge on any atom is -0.481 e. The maximum atomic E-state index is 10.8. The zero-order chi connectivity index (χ0) is 10.2. The Balaban J connectivity index is 2.07. The summed E-state index contributed by atoms with van der Waals surface area (Å²) in [6.45, 7) is 3.85. The van der Waals surface area contributed by atoms with Gasteiger partial charge in [0.1, 0.15) is 0 Å². The minimum atomic E-state index is -0.643. The van der Waals surface area contributed by atoms with Gasteiger partial charge in [0.25, 0.3) is 0 Å². The van der Waals surface area contributed by atoms with Crippen LogP contribution in [0.4, 0.5) is 0 Å². The molecule has 0 atom stereocenters. The second kappa shape index (κ2) is 3.23. The van der Waals surface area contributed by atoms with Crippen molar-refractivity contribution in [3.8, 4) is 0 Å². The van der Waals surface area contributed by atoms with Crippen molar-refractivity contribution in [2.24, 2.45) is 10.8 Å². The van der Waals surface area contributed by atoms with Gasteiger partial charge in [-0.3, -0.25) is 4.79 Å². The first-order valence-corrected chi connectivity index (χ1v) is 5.38. The molecule has 1 saturated heterocycles. The van der Waals surface area contributed by atoms with Gasteiger partial charge in [-0.05, 0) is 36.5 Å². The number of hydrogen-bond acceptors (Lipinski definition) is 2. The lowest BCUT2D eigenvalue weighted by molar-refractivity contribution is -0.141. The molecule has 3 heteroatoms. The molecule has 3 nitrogen and oxygen atoms in total. The van der Waals surface area contributed by atoms with E-state index in [0.29, 0.717) is 6.42 Å². The van der Waals surface area contributed by atoms with Crippen molar-refractivity contribution >= 4 is 5.97 Å². The summed E-state index contributed by atoms with van der Waals surface area (Å²) in [6.07, 6.45) is 4.59. The Labute approximate surface area is 84.4 Å². The maximum Gasteiger partial charge on any atom is 0.303 e. The maximum absolute atomic E-state index is 10.8. The normalized spacial score (nSPS) is 28.4. The highest BCUT2D eigenvalue weighted by atomic mass is 16.5. The number of ether oxygens (including phenoxy) is 1. The molecular formula is C11H18O3. The molecule has 0 aromatic rings. The van der Waals surface area contributed by atoms with Crippen molar-refractivity contribution in [2.75, 3.05) is 13.2 Å². The van der Waals surface area contributed by atoms with Gasteiger partial charge in [-0.15, -0.1) is 0 Å². The average molecular weight is 198 g/mol. The molecule has 0 aromatic carbocycles. The van der Waals surface area contributed by atoms with E-state index in [1.54, 1.807) is 0 Å². The fourth-order valence-electron chi connectivity index (χ4n) is 2.79. The van der Waals surface area contributed by atoms with E-state index in [2.05, 4.69) is 6.92 Å². The van der Waals surface area contributed by atoms with Crippen LogP contribution in [0.5, 0.6) is 0 Å². The molecular weight excluding hydrogens is 180 g/mol. The van der Waals surface area contributed by atoms with Crippen molar-refractivity contribution in [3.63, 3.8) is 0 Å². The first-order chi connectivity index (χ1) is 6.58. The summed E-state index contributed by atoms with van der Waals surface area (Å²) in [5.74, 6) is -0.643. The number of carbonyl (C=O) groups is 1. The summed E-state index contributed by atoms with van der Waals surface area (Å²) in [5.41, 5.74) is 0.312. The summed E-state index contributed by atoms with van der Waals surface area (Å²) in [7, 11) is 0. The fourth-order valence-corrected chi connectivity index (χ4v) is 2.79. The standard InChI is InChI=1S/C11H18O3/c1-10(4-6-14-7-5-10)11(2-3-11)8-9(12)13/h2-8H2,1H3,(H,12,13). The molecule has 2 fully saturated rings. The van der Waals surface area contributed by atoms with Crippen LogP contribution in [0.15, 0.2) is 0 Å². The second-order valence-electron chi connectivity index (χ2n) is 5.02. The van der Waals surface area contributed by atoms with E-state index in [0.717, 1.165) is 38.9 Å². The number of aliphatic carboxylic acids is 1. The van der Waals surface area contributed by atoms with E-state index in [1.165, 1.54) is 0 Å². The molecule has 2 aliphatic rings. The SMILES string of the molecule is CC1(C2(CC(=O)O)CC2)CCOCC1. The summed E-state index contributed by atoms with van der Waals surface area (Å²) < 4.78 is 5.35. The highest BCUT2D eigenvalue weighted by Gasteiger charge is 2.57. The van der Waals surface area contributed by atoms with Crippen molar-refractivity contribution in [3.05, 3.63) is 0 Å². The molecule has 1 aliphatic heterocycles. The monoisotopic (exact) mass is 198 g/mol. The largest absolute Gasteiger partial charge is 0.481 e. The molecule has 0 spiro atoms. The quantitative estimate of drug-likeness (QED) is 0.755. The molecule has 2 rings (SSSR count). The van der Waals surface area contributed by atoms with E-state index >= 15 is 0 Å². The summed E-state index contributed by atoms with van der Waals surface area (Å²) in [4.78, 5) is 10.8. The molecule has 80 valence electrons. The zero-order valence-corrected chi connectivity index (χ0v) is 8.71. The van der Waals surface area contributed by atoms with E-state index < -0.39 is 5.97 Å². The first-order valence-electron chi connectivity index (χ1n) is 5.38. The van der Waals surface area contributed by atoms with Crippen LogP contribution in [0.2, 0.25) is 0 Å². The van der Waals surface area contributed by atoms with Crippen LogP contribution in [0.3, 0.4) is 0 Å². The fraction of sp³-hybridized carbons (Fsp3) is 0.909. The molecule has 1 saturated carbocycles. The zero-order valence-electron chi connectivity index (χ0n) is 8.71. The summed E-state index contributed by atoms with van der Waals surface area (Å²) in [5, 5.41) is 8.90. The Hall–Kier alpha value is -0.570. The van der Waals surface area contributed by atoms with Gasteiger partial charge in [0.2, 0.25) is 0 Å². The molecule has 0 bridgehead atoms. The predicted octanol–water partition coefficient (Wildman–Crippen LogP) is 2.06. The van der Waals surface area contributed by atoms with Gasteiger partial charge in [-0.2, -0.15) is 0 Å². The number of rotatable bonds is 3. The Morgan fingerprint density at radius 2 is 1.86 bits per heavy atom. The van der Waals surface area contributed by atoms with Crippen LogP contribution in [0.25, 0.3) is 0 Å². The van der Waals surface area contributed by atoms with Crippen molar-refractivity contribution in [1.82, 2.24) is 0 Å². The van der Waals surface area contributed by atoms with Crippen molar-refractivity contribution in [1.29, 1.82) is 0 Å². The second-order valence-corrected chi connectivity index (χ2v) is 5.02. The Morgan fingerprint density at radius 1 is 1.29 bits per heavy atom. The van der Waals surface area contributed by atoms with Crippen LogP contribution >= 0.6 is 0 Å². The number of hydrogen-bond donors (Lipinski definition) is 1. The van der Waals surface area contributed by atoms with Crippen LogP contribution < -0.4 is 0 Å². The van der Waals surface area contributed by atoms with Crippen LogP contribution in [-0.2, 0) is 9.53 Å². The Bertz CT molecular complexity index is 237. The summed E-state index contributed by atoms with van der Waals surface area (Å²) in [6, 6.07) is 0. The lowest BCUT2D eigenvalue weighted by Gasteiger charge is -2.40. The highest BCUT2D eigenvalue weighted by molar-refractivity contribution is 5.68. The van der Waals surface area contributed by atoms with Crippen molar-refractivity contribution in [2.45, 2.75) is 39.0 Å². The number of carboxylic acid groups (broad SMARTS) is 1. The third-order valence-corrected chi connectivity index (χ3v) is 4.22. The number of carboxylic acids is 1. The molecule has 1 heterocycles. The third kappa shape index (κ3) is 1.54. The molecule has 0 radical (unpaired) electrons. The highest BCUT2D eigenvalue weighted by Crippen LogP contribution is 2.64. The topological polar surface area (TPSA) is 46.5 Å². The van der Waals surface area contributed by atoms with Gasteiger partial charge < -0.3 is 9.84 Å². The molecule has 1 N–H and O–H groups in total. The van der Waals surface area contributed by atoms with E-state index in [4.69, 9.17) is 9.84 Å². The first kappa shape index (κ1) is 9.97. The lowest BCUT2D eigenvalue weighted by Crippen LogP contribution is -2.36. The van der Waals surface area contributed by atoms with E-state index in [1.807, 2.05) is 0 Å². The minimum absolute atomic E-state index is 0.0998. The van der Waals surface area contributed by atoms with Crippen LogP contribution in [0, 0.1) is 10.8 Å². The van der Waals surface area contributed by atoms with E-state index in [9.17, 15) is 4.79 Å². The molecule has 14 heavy (non-hydrogen) atoms. The molecule has 0 unspecified atom stereocenters. The lowest BCUT2D eigenvalue weighted by atomic mass is 9.67. The van der Waals surface area contributed by atoms with Crippen LogP contribution in [-0.4, -0.2) is 24.3 Å². The van der Waals surface area contributed by atoms with Gasteiger partial charge in [0.05, 0.1) is 6.42 Å². The Kier molecular flexibility index (Phi) is 2.30. The van der Waals surface area contributed by atoms with Gasteiger partial charge >= 0.3 is 5.97 Å². The smallest absolute Gasteiger partial charge is 0.303 e. The predicted molar refractivity (Wildman–Crippen MR) is 52.1 cm³/mol. The molecule has 0 amide bonds. The molecule has 1 aliphatic carbocycles. The molecule has 0 aromatic heterocycles. The van der Waals surface area contributed by atoms with Gasteiger partial charge in [-0.25, -0.2) is 0 Å².